The van der Waals surface area contributed by atoms with Crippen molar-refractivity contribution in [3.63, 3.8) is 0 Å². The van der Waals surface area contributed by atoms with Gasteiger partial charge in [-0.15, -0.1) is 0 Å². The van der Waals surface area contributed by atoms with Gasteiger partial charge < -0.3 is 5.32 Å². The molecule has 1 saturated carbocycles. The number of carbonyl (C=O) groups excluding carboxylic acids is 1. The van der Waals surface area contributed by atoms with Crippen molar-refractivity contribution >= 4 is 45.6 Å². The van der Waals surface area contributed by atoms with Gasteiger partial charge >= 0.3 is 0 Å². The number of amides is 1. The molecule has 0 spiro atoms. The standard InChI is InChI=1S/C18H13ClN4OS/c1-9-8-25-23-17(9)11-2-10-5-16(21-7-14(10)15(19)4-11)22-18(24)13-3-12(13)6-20/h2,4-5,7-8,12-13H,3H2,1H3,(H,21,22,24)/t12?,13-/m1/s1. The van der Waals surface area contributed by atoms with Crippen molar-refractivity contribution in [2.75, 3.05) is 5.32 Å². The van der Waals surface area contributed by atoms with Crippen LogP contribution in [0.3, 0.4) is 0 Å². The second-order valence-corrected chi connectivity index (χ2v) is 7.20. The summed E-state index contributed by atoms with van der Waals surface area (Å²) < 4.78 is 4.42. The van der Waals surface area contributed by atoms with Gasteiger partial charge in [-0.25, -0.2) is 4.98 Å². The van der Waals surface area contributed by atoms with E-state index in [0.717, 1.165) is 27.6 Å². The summed E-state index contributed by atoms with van der Waals surface area (Å²) in [5, 5.41) is 15.9. The molecule has 0 aliphatic heterocycles. The summed E-state index contributed by atoms with van der Waals surface area (Å²) in [4.78, 5) is 16.4. The summed E-state index contributed by atoms with van der Waals surface area (Å²) >= 11 is 7.81. The number of hydrogen-bond acceptors (Lipinski definition) is 5. The summed E-state index contributed by atoms with van der Waals surface area (Å²) in [5.41, 5.74) is 2.94. The van der Waals surface area contributed by atoms with Crippen LogP contribution in [0.15, 0.2) is 29.8 Å². The van der Waals surface area contributed by atoms with Crippen molar-refractivity contribution in [2.24, 2.45) is 11.8 Å². The zero-order chi connectivity index (χ0) is 17.6. The first kappa shape index (κ1) is 16.0. The molecule has 3 aromatic rings. The number of carbonyl (C=O) groups is 1. The van der Waals surface area contributed by atoms with Crippen LogP contribution in [0.4, 0.5) is 5.82 Å². The maximum atomic E-state index is 12.1. The number of rotatable bonds is 3. The molecule has 2 atom stereocenters. The molecule has 7 heteroatoms. The molecule has 5 nitrogen and oxygen atoms in total. The molecule has 0 bridgehead atoms. The number of hydrogen-bond donors (Lipinski definition) is 1. The normalized spacial score (nSPS) is 18.8. The third-order valence-electron chi connectivity index (χ3n) is 4.35. The van der Waals surface area contributed by atoms with Crippen LogP contribution in [0.1, 0.15) is 12.0 Å². The molecule has 1 fully saturated rings. The quantitative estimate of drug-likeness (QED) is 0.742. The Morgan fingerprint density at radius 3 is 2.96 bits per heavy atom. The highest BCUT2D eigenvalue weighted by atomic mass is 35.5. The molecule has 0 saturated heterocycles. The molecular weight excluding hydrogens is 356 g/mol. The minimum absolute atomic E-state index is 0.156. The average Bonchev–Trinajstić information content (AvgIpc) is 3.27. The molecule has 1 aliphatic rings. The molecule has 2 heterocycles. The summed E-state index contributed by atoms with van der Waals surface area (Å²) in [5.74, 6) is -0.0930. The van der Waals surface area contributed by atoms with Crippen LogP contribution < -0.4 is 5.32 Å². The maximum absolute atomic E-state index is 12.1. The van der Waals surface area contributed by atoms with Gasteiger partial charge in [0.1, 0.15) is 5.82 Å². The molecule has 2 aromatic heterocycles. The van der Waals surface area contributed by atoms with Gasteiger partial charge in [-0.1, -0.05) is 11.6 Å². The second kappa shape index (κ2) is 6.10. The number of nitrogens with one attached hydrogen (secondary N) is 1. The largest absolute Gasteiger partial charge is 0.310 e. The van der Waals surface area contributed by atoms with E-state index in [4.69, 9.17) is 16.9 Å². The molecule has 4 rings (SSSR count). The Balaban J connectivity index is 1.68. The first-order valence-electron chi connectivity index (χ1n) is 7.78. The fraction of sp³-hybridized carbons (Fsp3) is 0.222. The van der Waals surface area contributed by atoms with Crippen LogP contribution in [0.5, 0.6) is 0 Å². The minimum Gasteiger partial charge on any atom is -0.310 e. The van der Waals surface area contributed by atoms with E-state index in [1.165, 1.54) is 11.5 Å². The van der Waals surface area contributed by atoms with Gasteiger partial charge in [0, 0.05) is 22.5 Å². The topological polar surface area (TPSA) is 78.7 Å². The second-order valence-electron chi connectivity index (χ2n) is 6.16. The summed E-state index contributed by atoms with van der Waals surface area (Å²) in [6.07, 6.45) is 2.27. The molecule has 1 N–H and O–H groups in total. The van der Waals surface area contributed by atoms with E-state index < -0.39 is 0 Å². The Bertz CT molecular complexity index is 1040. The van der Waals surface area contributed by atoms with Crippen LogP contribution in [0.25, 0.3) is 22.0 Å². The Kier molecular flexibility index (Phi) is 3.91. The molecule has 1 unspecified atom stereocenters. The van der Waals surface area contributed by atoms with E-state index in [2.05, 4.69) is 20.7 Å². The van der Waals surface area contributed by atoms with Gasteiger partial charge in [0.25, 0.3) is 0 Å². The Morgan fingerprint density at radius 1 is 1.44 bits per heavy atom. The SMILES string of the molecule is Cc1csnc1-c1cc(Cl)c2cnc(NC(=O)[C@@H]3CC3C#N)cc2c1. The van der Waals surface area contributed by atoms with Crippen LogP contribution >= 0.6 is 23.1 Å². The van der Waals surface area contributed by atoms with Crippen molar-refractivity contribution in [2.45, 2.75) is 13.3 Å². The van der Waals surface area contributed by atoms with Gasteiger partial charge in [0.2, 0.25) is 5.91 Å². The lowest BCUT2D eigenvalue weighted by Crippen LogP contribution is -2.15. The number of aryl methyl sites for hydroxylation is 1. The van der Waals surface area contributed by atoms with Crippen LogP contribution in [-0.2, 0) is 4.79 Å². The van der Waals surface area contributed by atoms with E-state index in [9.17, 15) is 4.79 Å². The van der Waals surface area contributed by atoms with Crippen molar-refractivity contribution in [1.29, 1.82) is 5.26 Å². The minimum atomic E-state index is -0.227. The molecule has 1 aromatic carbocycles. The molecule has 25 heavy (non-hydrogen) atoms. The maximum Gasteiger partial charge on any atom is 0.230 e. The van der Waals surface area contributed by atoms with Crippen molar-refractivity contribution in [1.82, 2.24) is 9.36 Å². The number of fused-ring (bicyclic) bond motifs is 1. The van der Waals surface area contributed by atoms with E-state index in [1.807, 2.05) is 24.4 Å². The molecule has 0 radical (unpaired) electrons. The van der Waals surface area contributed by atoms with Crippen molar-refractivity contribution < 1.29 is 4.79 Å². The number of benzene rings is 1. The van der Waals surface area contributed by atoms with Gasteiger partial charge in [0.15, 0.2) is 0 Å². The number of halogens is 1. The molecular formula is C18H13ClN4OS. The van der Waals surface area contributed by atoms with Crippen LogP contribution in [0, 0.1) is 30.1 Å². The smallest absolute Gasteiger partial charge is 0.230 e. The fourth-order valence-electron chi connectivity index (χ4n) is 2.83. The van der Waals surface area contributed by atoms with Crippen LogP contribution in [-0.4, -0.2) is 15.3 Å². The molecule has 1 amide bonds. The predicted octanol–water partition coefficient (Wildman–Crippen LogP) is 4.42. The highest BCUT2D eigenvalue weighted by Gasteiger charge is 2.43. The number of nitriles is 1. The highest BCUT2D eigenvalue weighted by Crippen LogP contribution is 2.38. The van der Waals surface area contributed by atoms with Gasteiger partial charge in [-0.3, -0.25) is 4.79 Å². The first-order chi connectivity index (χ1) is 12.1. The monoisotopic (exact) mass is 368 g/mol. The van der Waals surface area contributed by atoms with E-state index in [-0.39, 0.29) is 17.7 Å². The zero-order valence-electron chi connectivity index (χ0n) is 13.3. The lowest BCUT2D eigenvalue weighted by atomic mass is 10.0. The van der Waals surface area contributed by atoms with E-state index >= 15 is 0 Å². The summed E-state index contributed by atoms with van der Waals surface area (Å²) in [6.45, 7) is 2.01. The number of aromatic nitrogens is 2. The fourth-order valence-corrected chi connectivity index (χ4v) is 3.78. The molecule has 1 aliphatic carbocycles. The lowest BCUT2D eigenvalue weighted by Gasteiger charge is -2.08. The average molecular weight is 369 g/mol. The Labute approximate surface area is 153 Å². The van der Waals surface area contributed by atoms with Crippen molar-refractivity contribution in [3.8, 4) is 17.3 Å². The van der Waals surface area contributed by atoms with Crippen molar-refractivity contribution in [3.05, 3.63) is 40.4 Å². The third-order valence-corrected chi connectivity index (χ3v) is 5.41. The zero-order valence-corrected chi connectivity index (χ0v) is 14.9. The molecule has 124 valence electrons. The summed E-state index contributed by atoms with van der Waals surface area (Å²) in [6, 6.07) is 7.79. The number of anilines is 1. The van der Waals surface area contributed by atoms with Crippen LogP contribution in [0.2, 0.25) is 5.02 Å². The number of pyridine rings is 1. The summed E-state index contributed by atoms with van der Waals surface area (Å²) in [7, 11) is 0. The van der Waals surface area contributed by atoms with E-state index in [1.54, 1.807) is 12.3 Å². The lowest BCUT2D eigenvalue weighted by molar-refractivity contribution is -0.117. The first-order valence-corrected chi connectivity index (χ1v) is 8.99. The van der Waals surface area contributed by atoms with E-state index in [0.29, 0.717) is 17.3 Å². The number of nitrogens with zero attached hydrogens (tertiary/aromatic N) is 3. The van der Waals surface area contributed by atoms with Gasteiger partial charge in [-0.05, 0) is 54.0 Å². The Morgan fingerprint density at radius 2 is 2.28 bits per heavy atom. The predicted molar refractivity (Wildman–Crippen MR) is 98.4 cm³/mol. The van der Waals surface area contributed by atoms with Gasteiger partial charge in [0.05, 0.1) is 28.6 Å². The third kappa shape index (κ3) is 2.97. The van der Waals surface area contributed by atoms with Gasteiger partial charge in [-0.2, -0.15) is 9.64 Å². The Hall–Kier alpha value is -2.49. The highest BCUT2D eigenvalue weighted by molar-refractivity contribution is 7.04.